The van der Waals surface area contributed by atoms with E-state index in [2.05, 4.69) is 104 Å². The maximum absolute atomic E-state index is 6.52. The highest BCUT2D eigenvalue weighted by Gasteiger charge is 2.21. The summed E-state index contributed by atoms with van der Waals surface area (Å²) in [5.74, 6) is 0. The molecule has 156 valence electrons. The second-order valence-corrected chi connectivity index (χ2v) is 8.76. The number of fused-ring (bicyclic) bond motifs is 9. The molecule has 0 atom stereocenters. The van der Waals surface area contributed by atoms with Gasteiger partial charge in [0.1, 0.15) is 7.05 Å². The highest BCUT2D eigenvalue weighted by Crippen LogP contribution is 2.40. The molecular weight excluding hydrogens is 404 g/mol. The zero-order valence-corrected chi connectivity index (χ0v) is 18.5. The molecule has 0 aliphatic carbocycles. The molecule has 0 unspecified atom stereocenters. The second kappa shape index (κ2) is 6.63. The molecule has 0 N–H and O–H groups in total. The summed E-state index contributed by atoms with van der Waals surface area (Å²) in [5.41, 5.74) is 5.99. The van der Waals surface area contributed by atoms with Crippen LogP contribution in [0.5, 0.6) is 0 Å². The molecule has 3 heteroatoms. The Kier molecular flexibility index (Phi) is 3.68. The van der Waals surface area contributed by atoms with Crippen molar-refractivity contribution in [1.29, 1.82) is 0 Å². The molecule has 0 fully saturated rings. The smallest absolute Gasteiger partial charge is 0.227 e. The average molecular weight is 426 g/mol. The molecule has 3 heterocycles. The van der Waals surface area contributed by atoms with Crippen molar-refractivity contribution in [3.05, 3.63) is 96.7 Å². The van der Waals surface area contributed by atoms with E-state index < -0.39 is 0 Å². The van der Waals surface area contributed by atoms with E-state index >= 15 is 0 Å². The van der Waals surface area contributed by atoms with Crippen LogP contribution in [-0.4, -0.2) is 4.98 Å². The van der Waals surface area contributed by atoms with Gasteiger partial charge >= 0.3 is 0 Å². The van der Waals surface area contributed by atoms with Gasteiger partial charge < -0.3 is 4.42 Å². The highest BCUT2D eigenvalue weighted by molar-refractivity contribution is 6.26. The van der Waals surface area contributed by atoms with Gasteiger partial charge in [-0.1, -0.05) is 60.7 Å². The minimum absolute atomic E-state index is 0.684. The molecule has 0 aliphatic rings. The van der Waals surface area contributed by atoms with Crippen LogP contribution >= 0.6 is 0 Å². The van der Waals surface area contributed by atoms with Crippen molar-refractivity contribution in [2.45, 2.75) is 6.92 Å². The number of pyridine rings is 2. The van der Waals surface area contributed by atoms with Crippen molar-refractivity contribution in [3.8, 4) is 11.3 Å². The fourth-order valence-electron chi connectivity index (χ4n) is 5.25. The normalized spacial score (nSPS) is 11.9. The quantitative estimate of drug-likeness (QED) is 0.205. The number of aromatic nitrogens is 2. The van der Waals surface area contributed by atoms with Crippen LogP contribution in [0, 0.1) is 6.92 Å². The molecule has 0 amide bonds. The predicted octanol–water partition coefficient (Wildman–Crippen LogP) is 7.24. The monoisotopic (exact) mass is 425 g/mol. The lowest BCUT2D eigenvalue weighted by molar-refractivity contribution is -0.660. The first kappa shape index (κ1) is 18.3. The summed E-state index contributed by atoms with van der Waals surface area (Å²) < 4.78 is 8.66. The Bertz CT molecular complexity index is 1900. The maximum atomic E-state index is 6.52. The Hall–Kier alpha value is -4.24. The lowest BCUT2D eigenvalue weighted by atomic mass is 9.96. The van der Waals surface area contributed by atoms with E-state index in [1.165, 1.54) is 21.7 Å². The minimum Gasteiger partial charge on any atom is -0.437 e. The lowest BCUT2D eigenvalue weighted by Gasteiger charge is -2.09. The molecule has 0 saturated carbocycles. The van der Waals surface area contributed by atoms with Gasteiger partial charge in [0.25, 0.3) is 0 Å². The number of nitrogens with zero attached hydrogens (tertiary/aromatic N) is 2. The summed E-state index contributed by atoms with van der Waals surface area (Å²) in [7, 11) is 2.07. The molecular formula is C30H21N2O+. The third-order valence-electron chi connectivity index (χ3n) is 6.84. The first-order valence-corrected chi connectivity index (χ1v) is 11.2. The van der Waals surface area contributed by atoms with Crippen LogP contribution in [0.15, 0.2) is 95.5 Å². The average Bonchev–Trinajstić information content (AvgIpc) is 3.21. The minimum atomic E-state index is 0.684. The van der Waals surface area contributed by atoms with Crippen LogP contribution in [0.25, 0.3) is 65.8 Å². The Morgan fingerprint density at radius 3 is 2.09 bits per heavy atom. The maximum Gasteiger partial charge on any atom is 0.227 e. The van der Waals surface area contributed by atoms with E-state index in [0.717, 1.165) is 43.9 Å². The van der Waals surface area contributed by atoms with Gasteiger partial charge in [-0.05, 0) is 40.8 Å². The summed E-state index contributed by atoms with van der Waals surface area (Å²) in [6.07, 6.45) is 2.07. The van der Waals surface area contributed by atoms with E-state index in [-0.39, 0.29) is 0 Å². The van der Waals surface area contributed by atoms with Gasteiger partial charge in [0.2, 0.25) is 11.4 Å². The molecule has 0 saturated heterocycles. The molecule has 4 aromatic carbocycles. The number of rotatable bonds is 1. The van der Waals surface area contributed by atoms with Crippen LogP contribution in [0.1, 0.15) is 5.56 Å². The van der Waals surface area contributed by atoms with Gasteiger partial charge in [-0.2, -0.15) is 0 Å². The van der Waals surface area contributed by atoms with Gasteiger partial charge in [0, 0.05) is 33.7 Å². The molecule has 0 aliphatic heterocycles. The highest BCUT2D eigenvalue weighted by atomic mass is 16.3. The third kappa shape index (κ3) is 2.50. The summed E-state index contributed by atoms with van der Waals surface area (Å²) >= 11 is 0. The Labute approximate surface area is 190 Å². The van der Waals surface area contributed by atoms with Crippen molar-refractivity contribution < 1.29 is 8.98 Å². The van der Waals surface area contributed by atoms with E-state index in [0.29, 0.717) is 5.71 Å². The van der Waals surface area contributed by atoms with Crippen molar-refractivity contribution in [3.63, 3.8) is 0 Å². The molecule has 3 nitrogen and oxygen atoms in total. The van der Waals surface area contributed by atoms with E-state index in [1.807, 2.05) is 6.07 Å². The first-order valence-electron chi connectivity index (χ1n) is 11.2. The molecule has 0 bridgehead atoms. The van der Waals surface area contributed by atoms with Crippen molar-refractivity contribution >= 4 is 54.5 Å². The topological polar surface area (TPSA) is 29.9 Å². The van der Waals surface area contributed by atoms with Gasteiger partial charge in [0.15, 0.2) is 11.8 Å². The van der Waals surface area contributed by atoms with Gasteiger partial charge in [-0.25, -0.2) is 9.55 Å². The SMILES string of the molecule is Cc1ccc2c(oc3nc4c5ccccc5c5ccccc5c4cc32)c1-c1cccc[n+]1C. The predicted molar refractivity (Wildman–Crippen MR) is 135 cm³/mol. The zero-order chi connectivity index (χ0) is 22.1. The largest absolute Gasteiger partial charge is 0.437 e. The first-order chi connectivity index (χ1) is 16.2. The molecule has 0 spiro atoms. The molecule has 3 aromatic heterocycles. The summed E-state index contributed by atoms with van der Waals surface area (Å²) in [5, 5.41) is 8.15. The van der Waals surface area contributed by atoms with Crippen molar-refractivity contribution in [1.82, 2.24) is 4.98 Å². The van der Waals surface area contributed by atoms with Gasteiger partial charge in [-0.15, -0.1) is 0 Å². The standard InChI is InChI=1S/C30H21N2O/c1-18-14-15-23-25-17-24-21-11-4-3-9-19(21)20-10-5-6-12-22(20)28(24)31-30(25)33-29(23)27(18)26-13-7-8-16-32(26)2/h3-17H,1-2H3/q+1. The van der Waals surface area contributed by atoms with Crippen LogP contribution in [0.2, 0.25) is 0 Å². The van der Waals surface area contributed by atoms with Gasteiger partial charge in [0.05, 0.1) is 11.1 Å². The lowest BCUT2D eigenvalue weighted by Crippen LogP contribution is -2.30. The molecule has 0 radical (unpaired) electrons. The second-order valence-electron chi connectivity index (χ2n) is 8.76. The van der Waals surface area contributed by atoms with Crippen molar-refractivity contribution in [2.24, 2.45) is 7.05 Å². The van der Waals surface area contributed by atoms with E-state index in [9.17, 15) is 0 Å². The summed E-state index contributed by atoms with van der Waals surface area (Å²) in [6, 6.07) is 30.0. The van der Waals surface area contributed by atoms with Gasteiger partial charge in [-0.3, -0.25) is 0 Å². The molecule has 7 rings (SSSR count). The van der Waals surface area contributed by atoms with Crippen molar-refractivity contribution in [2.75, 3.05) is 0 Å². The van der Waals surface area contributed by atoms with Crippen LogP contribution in [-0.2, 0) is 7.05 Å². The summed E-state index contributed by atoms with van der Waals surface area (Å²) in [4.78, 5) is 5.11. The fourth-order valence-corrected chi connectivity index (χ4v) is 5.25. The Morgan fingerprint density at radius 1 is 0.667 bits per heavy atom. The fraction of sp³-hybridized carbons (Fsp3) is 0.0667. The van der Waals surface area contributed by atoms with Crippen LogP contribution in [0.3, 0.4) is 0 Å². The number of furan rings is 1. The Balaban J connectivity index is 1.68. The third-order valence-corrected chi connectivity index (χ3v) is 6.84. The number of benzene rings is 4. The number of aryl methyl sites for hydroxylation is 2. The van der Waals surface area contributed by atoms with Crippen LogP contribution in [0.4, 0.5) is 0 Å². The van der Waals surface area contributed by atoms with E-state index in [4.69, 9.17) is 9.40 Å². The molecule has 7 aromatic rings. The zero-order valence-electron chi connectivity index (χ0n) is 18.5. The number of hydrogen-bond donors (Lipinski definition) is 0. The Morgan fingerprint density at radius 2 is 1.33 bits per heavy atom. The van der Waals surface area contributed by atoms with Crippen LogP contribution < -0.4 is 4.57 Å². The number of hydrogen-bond acceptors (Lipinski definition) is 2. The van der Waals surface area contributed by atoms with E-state index in [1.54, 1.807) is 0 Å². The summed E-state index contributed by atoms with van der Waals surface area (Å²) in [6.45, 7) is 2.14. The molecule has 33 heavy (non-hydrogen) atoms.